The first-order chi connectivity index (χ1) is 7.81. The second kappa shape index (κ2) is 6.52. The van der Waals surface area contributed by atoms with Crippen LogP contribution in [0.4, 0.5) is 0 Å². The maximum absolute atomic E-state index is 10.1. The number of ether oxygens (including phenoxy) is 2. The van der Waals surface area contributed by atoms with E-state index in [9.17, 15) is 4.79 Å². The maximum atomic E-state index is 10.1. The van der Waals surface area contributed by atoms with E-state index in [0.717, 1.165) is 17.6 Å². The van der Waals surface area contributed by atoms with Gasteiger partial charge in [0.25, 0.3) is 0 Å². The maximum Gasteiger partial charge on any atom is 0.134 e. The number of carbonyl (C=O) groups excluding carboxylic acids is 1. The van der Waals surface area contributed by atoms with Gasteiger partial charge in [0, 0.05) is 12.8 Å². The number of aldehydes is 1. The van der Waals surface area contributed by atoms with Crippen LogP contribution in [0.15, 0.2) is 18.2 Å². The van der Waals surface area contributed by atoms with Crippen molar-refractivity contribution in [1.29, 1.82) is 0 Å². The van der Waals surface area contributed by atoms with Crippen LogP contribution >= 0.6 is 0 Å². The molecule has 0 heterocycles. The number of rotatable bonds is 4. The SMILES string of the molecule is COc1ccc(OC)c(C#CCCC=O)c1. The van der Waals surface area contributed by atoms with Gasteiger partial charge in [-0.1, -0.05) is 11.8 Å². The molecule has 16 heavy (non-hydrogen) atoms. The van der Waals surface area contributed by atoms with Gasteiger partial charge in [0.15, 0.2) is 0 Å². The minimum absolute atomic E-state index is 0.458. The molecule has 3 nitrogen and oxygen atoms in total. The molecule has 0 aliphatic heterocycles. The zero-order valence-electron chi connectivity index (χ0n) is 9.45. The average Bonchev–Trinajstić information content (AvgIpc) is 2.34. The molecule has 0 saturated carbocycles. The lowest BCUT2D eigenvalue weighted by Crippen LogP contribution is -1.90. The molecule has 84 valence electrons. The van der Waals surface area contributed by atoms with Gasteiger partial charge >= 0.3 is 0 Å². The molecule has 0 unspecified atom stereocenters. The third kappa shape index (κ3) is 3.32. The topological polar surface area (TPSA) is 35.5 Å². The fraction of sp³-hybridized carbons (Fsp3) is 0.308. The summed E-state index contributed by atoms with van der Waals surface area (Å²) in [6.07, 6.45) is 1.88. The first-order valence-electron chi connectivity index (χ1n) is 4.96. The molecule has 0 spiro atoms. The van der Waals surface area contributed by atoms with Crippen molar-refractivity contribution >= 4 is 6.29 Å². The van der Waals surface area contributed by atoms with Crippen LogP contribution in [0.2, 0.25) is 0 Å². The van der Waals surface area contributed by atoms with Crippen LogP contribution in [-0.2, 0) is 4.79 Å². The van der Waals surface area contributed by atoms with Crippen molar-refractivity contribution in [3.8, 4) is 23.3 Å². The second-order valence-corrected chi connectivity index (χ2v) is 3.07. The van der Waals surface area contributed by atoms with E-state index >= 15 is 0 Å². The number of methoxy groups -OCH3 is 2. The number of unbranched alkanes of at least 4 members (excludes halogenated alkanes) is 1. The van der Waals surface area contributed by atoms with Gasteiger partial charge in [-0.05, 0) is 18.2 Å². The highest BCUT2D eigenvalue weighted by Gasteiger charge is 2.01. The number of hydrogen-bond acceptors (Lipinski definition) is 3. The first-order valence-corrected chi connectivity index (χ1v) is 4.96. The molecule has 1 aromatic carbocycles. The second-order valence-electron chi connectivity index (χ2n) is 3.07. The highest BCUT2D eigenvalue weighted by molar-refractivity contribution is 5.52. The fourth-order valence-corrected chi connectivity index (χ4v) is 1.20. The summed E-state index contributed by atoms with van der Waals surface area (Å²) in [7, 11) is 3.20. The molecular weight excluding hydrogens is 204 g/mol. The molecule has 0 atom stereocenters. The van der Waals surface area contributed by atoms with Crippen LogP contribution in [-0.4, -0.2) is 20.5 Å². The van der Waals surface area contributed by atoms with Crippen LogP contribution < -0.4 is 9.47 Å². The smallest absolute Gasteiger partial charge is 0.134 e. The summed E-state index contributed by atoms with van der Waals surface area (Å²) in [5.41, 5.74) is 0.771. The lowest BCUT2D eigenvalue weighted by Gasteiger charge is -2.05. The Morgan fingerprint density at radius 1 is 1.31 bits per heavy atom. The van der Waals surface area contributed by atoms with Gasteiger partial charge in [-0.3, -0.25) is 0 Å². The summed E-state index contributed by atoms with van der Waals surface area (Å²) in [6, 6.07) is 5.44. The van der Waals surface area contributed by atoms with E-state index in [-0.39, 0.29) is 0 Å². The summed E-state index contributed by atoms with van der Waals surface area (Å²) < 4.78 is 10.3. The number of benzene rings is 1. The molecule has 0 aromatic heterocycles. The van der Waals surface area contributed by atoms with E-state index in [0.29, 0.717) is 18.6 Å². The van der Waals surface area contributed by atoms with Gasteiger partial charge < -0.3 is 14.3 Å². The van der Waals surface area contributed by atoms with Crippen LogP contribution in [0.25, 0.3) is 0 Å². The molecule has 1 rings (SSSR count). The minimum Gasteiger partial charge on any atom is -0.497 e. The molecule has 0 bridgehead atoms. The molecule has 1 aromatic rings. The molecule has 0 fully saturated rings. The highest BCUT2D eigenvalue weighted by Crippen LogP contribution is 2.22. The van der Waals surface area contributed by atoms with Gasteiger partial charge in [0.1, 0.15) is 17.8 Å². The Kier molecular flexibility index (Phi) is 4.94. The van der Waals surface area contributed by atoms with E-state index in [1.165, 1.54) is 0 Å². The standard InChI is InChI=1S/C13H14O3/c1-15-12-7-8-13(16-2)11(10-12)6-4-3-5-9-14/h7-10H,3,5H2,1-2H3. The zero-order valence-corrected chi connectivity index (χ0v) is 9.45. The molecular formula is C13H14O3. The average molecular weight is 218 g/mol. The monoisotopic (exact) mass is 218 g/mol. The van der Waals surface area contributed by atoms with Gasteiger partial charge in [0.2, 0.25) is 0 Å². The third-order valence-electron chi connectivity index (χ3n) is 2.02. The predicted molar refractivity (Wildman–Crippen MR) is 61.7 cm³/mol. The highest BCUT2D eigenvalue weighted by atomic mass is 16.5. The molecule has 0 radical (unpaired) electrons. The Labute approximate surface area is 95.4 Å². The lowest BCUT2D eigenvalue weighted by molar-refractivity contribution is -0.107. The van der Waals surface area contributed by atoms with Crippen molar-refractivity contribution in [3.05, 3.63) is 23.8 Å². The Morgan fingerprint density at radius 2 is 2.12 bits per heavy atom. The van der Waals surface area contributed by atoms with Crippen molar-refractivity contribution in [1.82, 2.24) is 0 Å². The quantitative estimate of drug-likeness (QED) is 0.440. The number of carbonyl (C=O) groups is 1. The summed E-state index contributed by atoms with van der Waals surface area (Å²) in [5, 5.41) is 0. The Balaban J connectivity index is 2.89. The van der Waals surface area contributed by atoms with E-state index in [2.05, 4.69) is 11.8 Å². The van der Waals surface area contributed by atoms with Crippen LogP contribution in [0, 0.1) is 11.8 Å². The van der Waals surface area contributed by atoms with E-state index in [4.69, 9.17) is 9.47 Å². The Bertz CT molecular complexity index is 413. The molecule has 3 heteroatoms. The first kappa shape index (κ1) is 12.1. The fourth-order valence-electron chi connectivity index (χ4n) is 1.20. The van der Waals surface area contributed by atoms with E-state index in [1.807, 2.05) is 18.2 Å². The van der Waals surface area contributed by atoms with Gasteiger partial charge in [-0.15, -0.1) is 0 Å². The Hall–Kier alpha value is -1.95. The molecule has 0 saturated heterocycles. The van der Waals surface area contributed by atoms with Crippen molar-refractivity contribution in [2.75, 3.05) is 14.2 Å². The summed E-state index contributed by atoms with van der Waals surface area (Å²) in [6.45, 7) is 0. The Morgan fingerprint density at radius 3 is 2.75 bits per heavy atom. The summed E-state index contributed by atoms with van der Waals surface area (Å²) >= 11 is 0. The van der Waals surface area contributed by atoms with Crippen LogP contribution in [0.3, 0.4) is 0 Å². The van der Waals surface area contributed by atoms with Crippen molar-refractivity contribution in [2.45, 2.75) is 12.8 Å². The summed E-state index contributed by atoms with van der Waals surface area (Å²) in [5.74, 6) is 7.32. The van der Waals surface area contributed by atoms with E-state index in [1.54, 1.807) is 14.2 Å². The van der Waals surface area contributed by atoms with Crippen molar-refractivity contribution < 1.29 is 14.3 Å². The van der Waals surface area contributed by atoms with E-state index < -0.39 is 0 Å². The van der Waals surface area contributed by atoms with Crippen molar-refractivity contribution in [2.24, 2.45) is 0 Å². The third-order valence-corrected chi connectivity index (χ3v) is 2.02. The molecule has 0 aliphatic carbocycles. The van der Waals surface area contributed by atoms with Crippen LogP contribution in [0.1, 0.15) is 18.4 Å². The number of hydrogen-bond donors (Lipinski definition) is 0. The summed E-state index contributed by atoms with van der Waals surface area (Å²) in [4.78, 5) is 10.1. The van der Waals surface area contributed by atoms with Crippen LogP contribution in [0.5, 0.6) is 11.5 Å². The van der Waals surface area contributed by atoms with Gasteiger partial charge in [-0.2, -0.15) is 0 Å². The normalized spacial score (nSPS) is 8.88. The molecule has 0 N–H and O–H groups in total. The lowest BCUT2D eigenvalue weighted by atomic mass is 10.2. The predicted octanol–water partition coefficient (Wildman–Crippen LogP) is 2.03. The largest absolute Gasteiger partial charge is 0.497 e. The van der Waals surface area contributed by atoms with Crippen molar-refractivity contribution in [3.63, 3.8) is 0 Å². The van der Waals surface area contributed by atoms with Gasteiger partial charge in [-0.25, -0.2) is 0 Å². The molecule has 0 aliphatic rings. The molecule has 0 amide bonds. The minimum atomic E-state index is 0.458. The van der Waals surface area contributed by atoms with Gasteiger partial charge in [0.05, 0.1) is 19.8 Å². The zero-order chi connectivity index (χ0) is 11.8.